The summed E-state index contributed by atoms with van der Waals surface area (Å²) in [4.78, 5) is 35.7. The zero-order valence-electron chi connectivity index (χ0n) is 19.5. The number of aryl methyl sites for hydroxylation is 1. The van der Waals surface area contributed by atoms with Crippen molar-refractivity contribution in [1.82, 2.24) is 9.55 Å². The van der Waals surface area contributed by atoms with Crippen molar-refractivity contribution >= 4 is 28.5 Å². The van der Waals surface area contributed by atoms with E-state index in [9.17, 15) is 19.1 Å². The van der Waals surface area contributed by atoms with Gasteiger partial charge in [-0.25, -0.2) is 18.6 Å². The SMILES string of the molecule is Cc1ccc(CO/N=C2\CN(c3nc4c(cc3F)c(=O)c(C(=O)O)cn4[C@@H]3C[C@@H]3F)CC2CN)cc1. The van der Waals surface area contributed by atoms with Crippen molar-refractivity contribution in [3.8, 4) is 0 Å². The fourth-order valence-electron chi connectivity index (χ4n) is 4.41. The fraction of sp³-hybridized carbons (Fsp3) is 0.360. The van der Waals surface area contributed by atoms with Crippen molar-refractivity contribution in [1.29, 1.82) is 0 Å². The molecule has 3 aromatic rings. The predicted molar refractivity (Wildman–Crippen MR) is 130 cm³/mol. The number of halogens is 2. The van der Waals surface area contributed by atoms with Crippen molar-refractivity contribution in [3.05, 3.63) is 69.3 Å². The molecule has 1 unspecified atom stereocenters. The standard InChI is InChI=1S/C25H25F2N5O4/c1-13-2-4-14(5-3-13)12-36-30-20-11-31(9-15(20)8-28)24-19(27)6-16-22(33)17(25(34)35)10-32(23(16)29-24)21-7-18(21)26/h2-6,10,15,18,21H,7-9,11-12,28H2,1H3,(H,34,35)/b30-20+/t15?,18-,21+/m0/s1. The number of aromatic carboxylic acids is 1. The molecule has 1 aliphatic carbocycles. The number of oxime groups is 1. The number of aromatic nitrogens is 2. The number of alkyl halides is 1. The molecule has 1 aliphatic heterocycles. The Balaban J connectivity index is 1.46. The summed E-state index contributed by atoms with van der Waals surface area (Å²) in [6, 6.07) is 8.17. The maximum atomic E-state index is 15.2. The van der Waals surface area contributed by atoms with Crippen LogP contribution in [-0.2, 0) is 11.4 Å². The lowest BCUT2D eigenvalue weighted by Crippen LogP contribution is -2.26. The molecule has 0 bridgehead atoms. The number of carbonyl (C=O) groups is 1. The van der Waals surface area contributed by atoms with Gasteiger partial charge in [0.15, 0.2) is 11.6 Å². The van der Waals surface area contributed by atoms with Gasteiger partial charge >= 0.3 is 5.97 Å². The van der Waals surface area contributed by atoms with E-state index in [-0.39, 0.29) is 48.9 Å². The Labute approximate surface area is 204 Å². The van der Waals surface area contributed by atoms with Crippen LogP contribution in [0.4, 0.5) is 14.6 Å². The highest BCUT2D eigenvalue weighted by molar-refractivity contribution is 5.95. The van der Waals surface area contributed by atoms with E-state index in [0.717, 1.165) is 23.4 Å². The Morgan fingerprint density at radius 2 is 2.06 bits per heavy atom. The van der Waals surface area contributed by atoms with Gasteiger partial charge in [-0.2, -0.15) is 0 Å². The normalized spacial score (nSPS) is 22.4. The average molecular weight is 498 g/mol. The molecule has 1 saturated heterocycles. The van der Waals surface area contributed by atoms with E-state index in [1.807, 2.05) is 31.2 Å². The first kappa shape index (κ1) is 23.9. The molecule has 1 aromatic carbocycles. The molecule has 36 heavy (non-hydrogen) atoms. The van der Waals surface area contributed by atoms with E-state index in [2.05, 4.69) is 10.1 Å². The maximum Gasteiger partial charge on any atom is 0.341 e. The summed E-state index contributed by atoms with van der Waals surface area (Å²) in [5.41, 5.74) is 7.27. The summed E-state index contributed by atoms with van der Waals surface area (Å²) in [6.45, 7) is 3.06. The Bertz CT molecular complexity index is 1420. The number of nitrogens with zero attached hydrogens (tertiary/aromatic N) is 4. The number of carboxylic acid groups (broad SMARTS) is 1. The number of anilines is 1. The predicted octanol–water partition coefficient (Wildman–Crippen LogP) is 2.79. The van der Waals surface area contributed by atoms with Crippen molar-refractivity contribution in [2.75, 3.05) is 24.5 Å². The van der Waals surface area contributed by atoms with Gasteiger partial charge < -0.3 is 25.1 Å². The Hall–Kier alpha value is -3.86. The van der Waals surface area contributed by atoms with Gasteiger partial charge in [-0.05, 0) is 18.6 Å². The molecule has 3 N–H and O–H groups in total. The third-order valence-electron chi connectivity index (χ3n) is 6.59. The summed E-state index contributed by atoms with van der Waals surface area (Å²) >= 11 is 0. The Morgan fingerprint density at radius 3 is 2.69 bits per heavy atom. The monoisotopic (exact) mass is 497 g/mol. The highest BCUT2D eigenvalue weighted by Crippen LogP contribution is 2.40. The van der Waals surface area contributed by atoms with Crippen LogP contribution in [0.5, 0.6) is 0 Å². The molecule has 2 aromatic heterocycles. The molecule has 11 heteroatoms. The minimum absolute atomic E-state index is 0.0388. The molecule has 5 rings (SSSR count). The number of pyridine rings is 2. The number of nitrogens with two attached hydrogens (primary N) is 1. The van der Waals surface area contributed by atoms with Gasteiger partial charge in [0.2, 0.25) is 5.43 Å². The fourth-order valence-corrected chi connectivity index (χ4v) is 4.41. The second-order valence-electron chi connectivity index (χ2n) is 9.22. The van der Waals surface area contributed by atoms with Crippen molar-refractivity contribution in [2.24, 2.45) is 16.8 Å². The molecule has 2 fully saturated rings. The molecule has 9 nitrogen and oxygen atoms in total. The van der Waals surface area contributed by atoms with Crippen LogP contribution in [0.25, 0.3) is 11.0 Å². The van der Waals surface area contributed by atoms with Crippen LogP contribution in [0.2, 0.25) is 0 Å². The molecule has 0 spiro atoms. The molecule has 0 radical (unpaired) electrons. The van der Waals surface area contributed by atoms with Crippen LogP contribution in [-0.4, -0.2) is 52.1 Å². The van der Waals surface area contributed by atoms with Gasteiger partial charge in [-0.3, -0.25) is 4.79 Å². The number of rotatable bonds is 7. The van der Waals surface area contributed by atoms with Crippen molar-refractivity contribution in [2.45, 2.75) is 32.2 Å². The molecule has 0 amide bonds. The Kier molecular flexibility index (Phi) is 6.17. The van der Waals surface area contributed by atoms with Gasteiger partial charge in [0, 0.05) is 31.6 Å². The summed E-state index contributed by atoms with van der Waals surface area (Å²) < 4.78 is 30.4. The summed E-state index contributed by atoms with van der Waals surface area (Å²) in [7, 11) is 0. The minimum Gasteiger partial charge on any atom is -0.477 e. The van der Waals surface area contributed by atoms with Crippen molar-refractivity contribution in [3.63, 3.8) is 0 Å². The van der Waals surface area contributed by atoms with E-state index in [0.29, 0.717) is 12.3 Å². The first-order valence-electron chi connectivity index (χ1n) is 11.6. The summed E-state index contributed by atoms with van der Waals surface area (Å²) in [5, 5.41) is 13.4. The van der Waals surface area contributed by atoms with E-state index in [1.165, 1.54) is 4.57 Å². The number of carboxylic acids is 1. The first-order valence-corrected chi connectivity index (χ1v) is 11.6. The second kappa shape index (κ2) is 9.30. The van der Waals surface area contributed by atoms with E-state index < -0.39 is 35.0 Å². The largest absolute Gasteiger partial charge is 0.477 e. The van der Waals surface area contributed by atoms with Gasteiger partial charge in [-0.1, -0.05) is 35.0 Å². The van der Waals surface area contributed by atoms with E-state index in [1.54, 1.807) is 4.90 Å². The third kappa shape index (κ3) is 4.41. The molecule has 3 heterocycles. The van der Waals surface area contributed by atoms with Crippen LogP contribution in [0.1, 0.15) is 33.9 Å². The lowest BCUT2D eigenvalue weighted by Gasteiger charge is -2.19. The number of fused-ring (bicyclic) bond motifs is 1. The molecule has 188 valence electrons. The number of hydrogen-bond donors (Lipinski definition) is 2. The quantitative estimate of drug-likeness (QED) is 0.481. The zero-order valence-corrected chi connectivity index (χ0v) is 19.5. The lowest BCUT2D eigenvalue weighted by atomic mass is 10.1. The second-order valence-corrected chi connectivity index (χ2v) is 9.22. The van der Waals surface area contributed by atoms with E-state index in [4.69, 9.17) is 10.6 Å². The molecule has 3 atom stereocenters. The van der Waals surface area contributed by atoms with Gasteiger partial charge in [0.1, 0.15) is 24.0 Å². The van der Waals surface area contributed by atoms with Crippen LogP contribution in [0.3, 0.4) is 0 Å². The topological polar surface area (TPSA) is 123 Å². The summed E-state index contributed by atoms with van der Waals surface area (Å²) in [5.74, 6) is -2.50. The first-order chi connectivity index (χ1) is 17.3. The summed E-state index contributed by atoms with van der Waals surface area (Å²) in [6.07, 6.45) is 0.0645. The number of hydrogen-bond acceptors (Lipinski definition) is 7. The molecule has 1 saturated carbocycles. The van der Waals surface area contributed by atoms with Gasteiger partial charge in [-0.15, -0.1) is 0 Å². The van der Waals surface area contributed by atoms with Crippen molar-refractivity contribution < 1.29 is 23.5 Å². The zero-order chi connectivity index (χ0) is 25.6. The van der Waals surface area contributed by atoms with Crippen LogP contribution in [0, 0.1) is 18.7 Å². The lowest BCUT2D eigenvalue weighted by molar-refractivity contribution is 0.0694. The van der Waals surface area contributed by atoms with Crippen LogP contribution >= 0.6 is 0 Å². The third-order valence-corrected chi connectivity index (χ3v) is 6.59. The van der Waals surface area contributed by atoms with Crippen LogP contribution < -0.4 is 16.1 Å². The average Bonchev–Trinajstić information content (AvgIpc) is 3.43. The molecular weight excluding hydrogens is 472 g/mol. The van der Waals surface area contributed by atoms with Crippen LogP contribution in [0.15, 0.2) is 46.5 Å². The van der Waals surface area contributed by atoms with Gasteiger partial charge in [0.05, 0.1) is 23.7 Å². The molecular formula is C25H25F2N5O4. The minimum atomic E-state index is -1.46. The van der Waals surface area contributed by atoms with Gasteiger partial charge in [0.25, 0.3) is 0 Å². The maximum absolute atomic E-state index is 15.2. The smallest absolute Gasteiger partial charge is 0.341 e. The highest BCUT2D eigenvalue weighted by Gasteiger charge is 2.41. The Morgan fingerprint density at radius 1 is 1.33 bits per heavy atom. The molecule has 2 aliphatic rings. The van der Waals surface area contributed by atoms with E-state index >= 15 is 4.39 Å². The highest BCUT2D eigenvalue weighted by atomic mass is 19.1. The number of benzene rings is 1.